The number of rotatable bonds is 4. The lowest BCUT2D eigenvalue weighted by Crippen LogP contribution is -2.35. The van der Waals surface area contributed by atoms with E-state index in [0.717, 1.165) is 23.9 Å². The Kier molecular flexibility index (Phi) is 5.55. The van der Waals surface area contributed by atoms with Crippen LogP contribution >= 0.6 is 35.6 Å². The summed E-state index contributed by atoms with van der Waals surface area (Å²) in [4.78, 5) is 4.43. The predicted molar refractivity (Wildman–Crippen MR) is 95.0 cm³/mol. The summed E-state index contributed by atoms with van der Waals surface area (Å²) in [6, 6.07) is 8.51. The van der Waals surface area contributed by atoms with Crippen molar-refractivity contribution in [2.75, 3.05) is 6.54 Å². The molecule has 0 aliphatic heterocycles. The number of benzene rings is 1. The molecule has 0 radical (unpaired) electrons. The highest BCUT2D eigenvalue weighted by atomic mass is 127. The van der Waals surface area contributed by atoms with Crippen molar-refractivity contribution in [1.29, 1.82) is 0 Å². The summed E-state index contributed by atoms with van der Waals surface area (Å²) in [5.74, 6) is 1.93. The summed E-state index contributed by atoms with van der Waals surface area (Å²) >= 11 is 5.89. The molecule has 0 amide bonds. The zero-order chi connectivity index (χ0) is 13.2. The molecule has 0 saturated heterocycles. The van der Waals surface area contributed by atoms with Crippen LogP contribution in [0.3, 0.4) is 0 Å². The molecule has 0 spiro atoms. The molecule has 0 aromatic heterocycles. The number of nitrogens with two attached hydrogens (primary N) is 1. The molecule has 2 fully saturated rings. The molecule has 20 heavy (non-hydrogen) atoms. The molecule has 2 aliphatic rings. The SMILES string of the molecule is I.NC(=NCC1CCC1)N[C@@H]1C[C@H]1c1ccc(Cl)cc1. The monoisotopic (exact) mass is 405 g/mol. The van der Waals surface area contributed by atoms with E-state index in [0.29, 0.717) is 17.9 Å². The van der Waals surface area contributed by atoms with Crippen molar-refractivity contribution in [3.05, 3.63) is 34.9 Å². The van der Waals surface area contributed by atoms with E-state index in [2.05, 4.69) is 22.4 Å². The fourth-order valence-electron chi connectivity index (χ4n) is 2.57. The van der Waals surface area contributed by atoms with Gasteiger partial charge in [-0.1, -0.05) is 30.2 Å². The van der Waals surface area contributed by atoms with Crippen molar-refractivity contribution in [3.8, 4) is 0 Å². The van der Waals surface area contributed by atoms with E-state index in [1.165, 1.54) is 24.8 Å². The van der Waals surface area contributed by atoms with Crippen molar-refractivity contribution < 1.29 is 0 Å². The van der Waals surface area contributed by atoms with Gasteiger partial charge in [-0.25, -0.2) is 0 Å². The van der Waals surface area contributed by atoms with Crippen LogP contribution in [0.25, 0.3) is 0 Å². The lowest BCUT2D eigenvalue weighted by atomic mass is 9.86. The van der Waals surface area contributed by atoms with E-state index in [1.54, 1.807) is 0 Å². The van der Waals surface area contributed by atoms with Crippen LogP contribution in [0.2, 0.25) is 5.02 Å². The molecule has 3 N–H and O–H groups in total. The van der Waals surface area contributed by atoms with Crippen LogP contribution in [0.15, 0.2) is 29.3 Å². The molecule has 0 heterocycles. The molecule has 2 atom stereocenters. The Morgan fingerprint density at radius 2 is 2.00 bits per heavy atom. The maximum absolute atomic E-state index is 5.92. The first-order valence-corrected chi connectivity index (χ1v) is 7.42. The number of hydrogen-bond donors (Lipinski definition) is 2. The van der Waals surface area contributed by atoms with Crippen LogP contribution < -0.4 is 11.1 Å². The Hall–Kier alpha value is -0.490. The van der Waals surface area contributed by atoms with Crippen molar-refractivity contribution in [2.45, 2.75) is 37.6 Å². The quantitative estimate of drug-likeness (QED) is 0.457. The van der Waals surface area contributed by atoms with Crippen molar-refractivity contribution in [1.82, 2.24) is 5.32 Å². The van der Waals surface area contributed by atoms with Crippen molar-refractivity contribution in [2.24, 2.45) is 16.6 Å². The third-order valence-corrected chi connectivity index (χ3v) is 4.42. The van der Waals surface area contributed by atoms with Gasteiger partial charge in [-0.2, -0.15) is 0 Å². The maximum Gasteiger partial charge on any atom is 0.188 e. The van der Waals surface area contributed by atoms with Crippen LogP contribution in [0.1, 0.15) is 37.2 Å². The normalized spacial score (nSPS) is 25.6. The zero-order valence-corrected chi connectivity index (χ0v) is 14.5. The minimum absolute atomic E-state index is 0. The lowest BCUT2D eigenvalue weighted by molar-refractivity contribution is 0.326. The first kappa shape index (κ1) is 15.9. The third kappa shape index (κ3) is 4.01. The van der Waals surface area contributed by atoms with E-state index in [-0.39, 0.29) is 24.0 Å². The number of nitrogens with zero attached hydrogens (tertiary/aromatic N) is 1. The standard InChI is InChI=1S/C15H20ClN3.HI/c16-12-6-4-11(5-7-12)13-8-14(13)19-15(17)18-9-10-2-1-3-10;/h4-7,10,13-14H,1-3,8-9H2,(H3,17,18,19);1H/t13-,14+;/m0./s1. The van der Waals surface area contributed by atoms with Gasteiger partial charge >= 0.3 is 0 Å². The van der Waals surface area contributed by atoms with Gasteiger partial charge in [0.25, 0.3) is 0 Å². The third-order valence-electron chi connectivity index (χ3n) is 4.17. The molecule has 2 saturated carbocycles. The average Bonchev–Trinajstić information content (AvgIpc) is 3.07. The molecule has 2 aliphatic carbocycles. The number of hydrogen-bond acceptors (Lipinski definition) is 1. The second kappa shape index (κ2) is 6.98. The van der Waals surface area contributed by atoms with Gasteiger partial charge in [0.1, 0.15) is 0 Å². The van der Waals surface area contributed by atoms with Gasteiger partial charge < -0.3 is 11.1 Å². The van der Waals surface area contributed by atoms with Crippen LogP contribution in [0.4, 0.5) is 0 Å². The van der Waals surface area contributed by atoms with E-state index < -0.39 is 0 Å². The summed E-state index contributed by atoms with van der Waals surface area (Å²) < 4.78 is 0. The highest BCUT2D eigenvalue weighted by molar-refractivity contribution is 14.0. The Balaban J connectivity index is 0.00000147. The fourth-order valence-corrected chi connectivity index (χ4v) is 2.70. The molecule has 5 heteroatoms. The molecule has 110 valence electrons. The number of aliphatic imine (C=N–C) groups is 1. The van der Waals surface area contributed by atoms with Crippen LogP contribution in [0, 0.1) is 5.92 Å². The van der Waals surface area contributed by atoms with Gasteiger partial charge in [0.15, 0.2) is 5.96 Å². The van der Waals surface area contributed by atoms with E-state index in [4.69, 9.17) is 17.3 Å². The molecule has 0 unspecified atom stereocenters. The van der Waals surface area contributed by atoms with Gasteiger partial charge in [0.2, 0.25) is 0 Å². The fraction of sp³-hybridized carbons (Fsp3) is 0.533. The molecule has 3 nitrogen and oxygen atoms in total. The van der Waals surface area contributed by atoms with E-state index in [9.17, 15) is 0 Å². The van der Waals surface area contributed by atoms with Gasteiger partial charge in [-0.3, -0.25) is 4.99 Å². The first-order valence-electron chi connectivity index (χ1n) is 7.04. The summed E-state index contributed by atoms with van der Waals surface area (Å²) in [5.41, 5.74) is 7.25. The largest absolute Gasteiger partial charge is 0.370 e. The Labute approximate surface area is 142 Å². The second-order valence-electron chi connectivity index (χ2n) is 5.67. The van der Waals surface area contributed by atoms with Crippen LogP contribution in [0.5, 0.6) is 0 Å². The summed E-state index contributed by atoms with van der Waals surface area (Å²) in [7, 11) is 0. The zero-order valence-electron chi connectivity index (χ0n) is 11.4. The number of halogens is 2. The Bertz CT molecular complexity index is 471. The summed E-state index contributed by atoms with van der Waals surface area (Å²) in [5, 5.41) is 4.10. The lowest BCUT2D eigenvalue weighted by Gasteiger charge is -2.23. The van der Waals surface area contributed by atoms with Crippen molar-refractivity contribution >= 4 is 41.5 Å². The van der Waals surface area contributed by atoms with Crippen LogP contribution in [-0.4, -0.2) is 18.5 Å². The number of guanidine groups is 1. The molecular weight excluding hydrogens is 385 g/mol. The molecule has 1 aromatic carbocycles. The van der Waals surface area contributed by atoms with Crippen molar-refractivity contribution in [3.63, 3.8) is 0 Å². The Morgan fingerprint density at radius 3 is 2.60 bits per heavy atom. The topological polar surface area (TPSA) is 50.4 Å². The molecular formula is C15H21ClIN3. The average molecular weight is 406 g/mol. The van der Waals surface area contributed by atoms with Crippen LogP contribution in [-0.2, 0) is 0 Å². The number of nitrogens with one attached hydrogen (secondary N) is 1. The van der Waals surface area contributed by atoms with Gasteiger partial charge in [0.05, 0.1) is 0 Å². The summed E-state index contributed by atoms with van der Waals surface area (Å²) in [6.45, 7) is 0.886. The minimum Gasteiger partial charge on any atom is -0.370 e. The van der Waals surface area contributed by atoms with Gasteiger partial charge in [0, 0.05) is 23.5 Å². The predicted octanol–water partition coefficient (Wildman–Crippen LogP) is 3.52. The molecule has 0 bridgehead atoms. The highest BCUT2D eigenvalue weighted by Gasteiger charge is 2.38. The van der Waals surface area contributed by atoms with Gasteiger partial charge in [-0.15, -0.1) is 24.0 Å². The minimum atomic E-state index is 0. The summed E-state index contributed by atoms with van der Waals surface area (Å²) in [6.07, 6.45) is 5.11. The van der Waals surface area contributed by atoms with E-state index in [1.807, 2.05) is 12.1 Å². The second-order valence-corrected chi connectivity index (χ2v) is 6.10. The smallest absolute Gasteiger partial charge is 0.188 e. The van der Waals surface area contributed by atoms with Gasteiger partial charge in [-0.05, 0) is 42.9 Å². The molecule has 1 aromatic rings. The highest BCUT2D eigenvalue weighted by Crippen LogP contribution is 2.40. The first-order chi connectivity index (χ1) is 9.22. The van der Waals surface area contributed by atoms with E-state index >= 15 is 0 Å². The molecule has 3 rings (SSSR count). The Morgan fingerprint density at radius 1 is 1.30 bits per heavy atom. The maximum atomic E-state index is 5.92.